The molecule has 0 saturated heterocycles. The summed E-state index contributed by atoms with van der Waals surface area (Å²) in [5, 5.41) is 6.18. The van der Waals surface area contributed by atoms with E-state index < -0.39 is 0 Å². The molecule has 2 nitrogen and oxygen atoms in total. The van der Waals surface area contributed by atoms with Crippen LogP contribution in [0.1, 0.15) is 18.9 Å². The van der Waals surface area contributed by atoms with Crippen molar-refractivity contribution in [2.45, 2.75) is 19.8 Å². The highest BCUT2D eigenvalue weighted by Gasteiger charge is 2.05. The average Bonchev–Trinajstić information content (AvgIpc) is 2.49. The van der Waals surface area contributed by atoms with E-state index in [1.807, 2.05) is 0 Å². The van der Waals surface area contributed by atoms with Gasteiger partial charge in [0.2, 0.25) is 0 Å². The first kappa shape index (κ1) is 15.0. The number of benzene rings is 2. The number of hydrogen-bond donors (Lipinski definition) is 1. The van der Waals surface area contributed by atoms with Crippen molar-refractivity contribution >= 4 is 10.8 Å². The minimum atomic E-state index is 0.686. The number of nitrogens with one attached hydrogen (secondary N) is 1. The van der Waals surface area contributed by atoms with Gasteiger partial charge in [0.25, 0.3) is 0 Å². The van der Waals surface area contributed by atoms with Crippen LogP contribution in [0.5, 0.6) is 0 Å². The monoisotopic (exact) mass is 271 g/mol. The number of rotatable bonds is 8. The molecule has 0 aliphatic heterocycles. The molecule has 0 saturated carbocycles. The summed E-state index contributed by atoms with van der Waals surface area (Å²) in [5.74, 6) is 0.686. The quantitative estimate of drug-likeness (QED) is 0.740. The van der Waals surface area contributed by atoms with Gasteiger partial charge in [-0.3, -0.25) is 0 Å². The van der Waals surface area contributed by atoms with Crippen LogP contribution in [0.2, 0.25) is 0 Å². The smallest absolute Gasteiger partial charge is 0.0587 e. The predicted octanol–water partition coefficient (Wildman–Crippen LogP) is 3.64. The van der Waals surface area contributed by atoms with E-state index in [9.17, 15) is 0 Å². The summed E-state index contributed by atoms with van der Waals surface area (Å²) >= 11 is 0. The molecule has 0 heterocycles. The molecule has 2 aromatic carbocycles. The van der Waals surface area contributed by atoms with E-state index in [-0.39, 0.29) is 0 Å². The Bertz CT molecular complexity index is 518. The van der Waals surface area contributed by atoms with Crippen molar-refractivity contribution in [2.75, 3.05) is 26.8 Å². The van der Waals surface area contributed by atoms with Gasteiger partial charge in [-0.15, -0.1) is 0 Å². The van der Waals surface area contributed by atoms with E-state index in [2.05, 4.69) is 54.7 Å². The Labute approximate surface area is 122 Å². The minimum absolute atomic E-state index is 0.686. The second-order valence-corrected chi connectivity index (χ2v) is 5.48. The van der Waals surface area contributed by atoms with E-state index in [1.54, 1.807) is 7.11 Å². The van der Waals surface area contributed by atoms with Gasteiger partial charge in [0, 0.05) is 13.7 Å². The molecule has 108 valence electrons. The molecular weight excluding hydrogens is 246 g/mol. The molecule has 0 fully saturated rings. The third kappa shape index (κ3) is 4.32. The van der Waals surface area contributed by atoms with Crippen molar-refractivity contribution in [1.29, 1.82) is 0 Å². The van der Waals surface area contributed by atoms with Crippen LogP contribution in [-0.2, 0) is 11.2 Å². The lowest BCUT2D eigenvalue weighted by Crippen LogP contribution is -2.25. The molecule has 2 aromatic rings. The SMILES string of the molecule is COCCNCC(C)CCc1cccc2ccccc12. The van der Waals surface area contributed by atoms with E-state index in [4.69, 9.17) is 4.74 Å². The average molecular weight is 271 g/mol. The van der Waals surface area contributed by atoms with Crippen molar-refractivity contribution < 1.29 is 4.74 Å². The van der Waals surface area contributed by atoms with Crippen LogP contribution in [0.25, 0.3) is 10.8 Å². The maximum atomic E-state index is 5.04. The Hall–Kier alpha value is -1.38. The standard InChI is InChI=1S/C18H25NO/c1-15(14-19-12-13-20-2)10-11-17-8-5-7-16-6-3-4-9-18(16)17/h3-9,15,19H,10-14H2,1-2H3. The van der Waals surface area contributed by atoms with E-state index in [0.717, 1.165) is 26.1 Å². The maximum absolute atomic E-state index is 5.04. The van der Waals surface area contributed by atoms with Gasteiger partial charge in [-0.25, -0.2) is 0 Å². The van der Waals surface area contributed by atoms with Crippen LogP contribution in [0.4, 0.5) is 0 Å². The van der Waals surface area contributed by atoms with Gasteiger partial charge in [0.15, 0.2) is 0 Å². The molecule has 0 aliphatic carbocycles. The molecule has 0 spiro atoms. The summed E-state index contributed by atoms with van der Waals surface area (Å²) in [6.07, 6.45) is 2.36. The molecule has 1 N–H and O–H groups in total. The fourth-order valence-electron chi connectivity index (χ4n) is 2.54. The Morgan fingerprint density at radius 2 is 1.90 bits per heavy atom. The van der Waals surface area contributed by atoms with Crippen molar-refractivity contribution in [2.24, 2.45) is 5.92 Å². The van der Waals surface area contributed by atoms with Gasteiger partial charge < -0.3 is 10.1 Å². The number of ether oxygens (including phenoxy) is 1. The second-order valence-electron chi connectivity index (χ2n) is 5.48. The fraction of sp³-hybridized carbons (Fsp3) is 0.444. The fourth-order valence-corrected chi connectivity index (χ4v) is 2.54. The Morgan fingerprint density at radius 3 is 2.75 bits per heavy atom. The predicted molar refractivity (Wildman–Crippen MR) is 86.2 cm³/mol. The normalized spacial score (nSPS) is 12.7. The van der Waals surface area contributed by atoms with Gasteiger partial charge in [-0.1, -0.05) is 49.4 Å². The number of hydrogen-bond acceptors (Lipinski definition) is 2. The summed E-state index contributed by atoms with van der Waals surface area (Å²) in [7, 11) is 1.74. The highest BCUT2D eigenvalue weighted by Crippen LogP contribution is 2.20. The highest BCUT2D eigenvalue weighted by molar-refractivity contribution is 5.85. The molecule has 1 unspecified atom stereocenters. The molecular formula is C18H25NO. The molecule has 0 aromatic heterocycles. The number of methoxy groups -OCH3 is 1. The summed E-state index contributed by atoms with van der Waals surface area (Å²) < 4.78 is 5.04. The summed E-state index contributed by atoms with van der Waals surface area (Å²) in [4.78, 5) is 0. The zero-order valence-corrected chi connectivity index (χ0v) is 12.6. The Balaban J connectivity index is 1.86. The van der Waals surface area contributed by atoms with E-state index in [1.165, 1.54) is 22.8 Å². The first-order chi connectivity index (χ1) is 9.81. The Kier molecular flexibility index (Phi) is 6.03. The second kappa shape index (κ2) is 8.03. The van der Waals surface area contributed by atoms with Crippen LogP contribution in [-0.4, -0.2) is 26.8 Å². The molecule has 2 heteroatoms. The lowest BCUT2D eigenvalue weighted by molar-refractivity contribution is 0.198. The molecule has 20 heavy (non-hydrogen) atoms. The van der Waals surface area contributed by atoms with E-state index >= 15 is 0 Å². The molecule has 0 aliphatic rings. The third-order valence-electron chi connectivity index (χ3n) is 3.76. The van der Waals surface area contributed by atoms with E-state index in [0.29, 0.717) is 5.92 Å². The molecule has 0 radical (unpaired) electrons. The molecule has 0 bridgehead atoms. The zero-order valence-electron chi connectivity index (χ0n) is 12.6. The largest absolute Gasteiger partial charge is 0.383 e. The lowest BCUT2D eigenvalue weighted by atomic mass is 9.96. The lowest BCUT2D eigenvalue weighted by Gasteiger charge is -2.13. The number of fused-ring (bicyclic) bond motifs is 1. The maximum Gasteiger partial charge on any atom is 0.0587 e. The van der Waals surface area contributed by atoms with Crippen molar-refractivity contribution in [1.82, 2.24) is 5.32 Å². The van der Waals surface area contributed by atoms with Gasteiger partial charge in [-0.05, 0) is 41.6 Å². The number of aryl methyl sites for hydroxylation is 1. The van der Waals surface area contributed by atoms with Gasteiger partial charge in [0.1, 0.15) is 0 Å². The van der Waals surface area contributed by atoms with Crippen molar-refractivity contribution in [3.05, 3.63) is 48.0 Å². The van der Waals surface area contributed by atoms with Gasteiger partial charge in [0.05, 0.1) is 6.61 Å². The molecule has 2 rings (SSSR count). The molecule has 0 amide bonds. The van der Waals surface area contributed by atoms with Gasteiger partial charge in [-0.2, -0.15) is 0 Å². The van der Waals surface area contributed by atoms with Crippen LogP contribution in [0.3, 0.4) is 0 Å². The van der Waals surface area contributed by atoms with Crippen LogP contribution in [0, 0.1) is 5.92 Å². The topological polar surface area (TPSA) is 21.3 Å². The first-order valence-corrected chi connectivity index (χ1v) is 7.47. The van der Waals surface area contributed by atoms with Crippen molar-refractivity contribution in [3.8, 4) is 0 Å². The Morgan fingerprint density at radius 1 is 1.10 bits per heavy atom. The van der Waals surface area contributed by atoms with Crippen LogP contribution in [0.15, 0.2) is 42.5 Å². The van der Waals surface area contributed by atoms with Gasteiger partial charge >= 0.3 is 0 Å². The summed E-state index contributed by atoms with van der Waals surface area (Å²) in [6, 6.07) is 15.3. The molecule has 1 atom stereocenters. The van der Waals surface area contributed by atoms with Crippen LogP contribution < -0.4 is 5.32 Å². The first-order valence-electron chi connectivity index (χ1n) is 7.47. The minimum Gasteiger partial charge on any atom is -0.383 e. The highest BCUT2D eigenvalue weighted by atomic mass is 16.5. The van der Waals surface area contributed by atoms with Crippen molar-refractivity contribution in [3.63, 3.8) is 0 Å². The summed E-state index contributed by atoms with van der Waals surface area (Å²) in [5.41, 5.74) is 1.46. The summed E-state index contributed by atoms with van der Waals surface area (Å²) in [6.45, 7) is 5.10. The third-order valence-corrected chi connectivity index (χ3v) is 3.76. The van der Waals surface area contributed by atoms with Crippen LogP contribution >= 0.6 is 0 Å². The zero-order chi connectivity index (χ0) is 14.2.